The molecule has 1 amide bonds. The number of halogens is 1. The van der Waals surface area contributed by atoms with Crippen molar-refractivity contribution in [3.63, 3.8) is 0 Å². The predicted molar refractivity (Wildman–Crippen MR) is 81.0 cm³/mol. The molecule has 0 unspecified atom stereocenters. The molecule has 0 saturated carbocycles. The fourth-order valence-electron chi connectivity index (χ4n) is 1.89. The van der Waals surface area contributed by atoms with E-state index in [0.717, 1.165) is 10.0 Å². The minimum atomic E-state index is -0.391. The van der Waals surface area contributed by atoms with E-state index in [0.29, 0.717) is 11.4 Å². The number of hydrogen-bond acceptors (Lipinski definition) is 3. The summed E-state index contributed by atoms with van der Waals surface area (Å²) in [5, 5.41) is 6.97. The number of ether oxygens (including phenoxy) is 1. The second-order valence-electron chi connectivity index (χ2n) is 4.45. The van der Waals surface area contributed by atoms with Crippen LogP contribution in [0.1, 0.15) is 18.5 Å². The summed E-state index contributed by atoms with van der Waals surface area (Å²) in [7, 11) is 1.58. The van der Waals surface area contributed by atoms with Gasteiger partial charge in [0.25, 0.3) is 0 Å². The Labute approximate surface area is 126 Å². The van der Waals surface area contributed by atoms with Crippen LogP contribution in [0, 0.1) is 6.92 Å². The maximum atomic E-state index is 12.3. The molecule has 2 rings (SSSR count). The van der Waals surface area contributed by atoms with Gasteiger partial charge in [-0.1, -0.05) is 15.9 Å². The van der Waals surface area contributed by atoms with Gasteiger partial charge in [-0.3, -0.25) is 9.48 Å². The number of aryl methyl sites for hydroxylation is 1. The molecule has 106 valence electrons. The van der Waals surface area contributed by atoms with Crippen molar-refractivity contribution >= 4 is 27.5 Å². The van der Waals surface area contributed by atoms with Gasteiger partial charge in [0.15, 0.2) is 0 Å². The summed E-state index contributed by atoms with van der Waals surface area (Å²) >= 11 is 3.41. The number of benzene rings is 1. The summed E-state index contributed by atoms with van der Waals surface area (Å²) in [6.45, 7) is 3.71. The molecule has 0 saturated heterocycles. The molecule has 1 aromatic carbocycles. The number of anilines is 1. The third kappa shape index (κ3) is 3.01. The Morgan fingerprint density at radius 1 is 1.50 bits per heavy atom. The summed E-state index contributed by atoms with van der Waals surface area (Å²) in [4.78, 5) is 12.3. The first-order valence-corrected chi connectivity index (χ1v) is 6.96. The fraction of sp³-hybridized carbons (Fsp3) is 0.286. The summed E-state index contributed by atoms with van der Waals surface area (Å²) in [5.41, 5.74) is 1.61. The Bertz CT molecular complexity index is 611. The lowest BCUT2D eigenvalue weighted by atomic mass is 10.1. The van der Waals surface area contributed by atoms with Gasteiger partial charge in [0, 0.05) is 16.9 Å². The van der Waals surface area contributed by atoms with Crippen molar-refractivity contribution in [2.75, 3.05) is 12.4 Å². The maximum absolute atomic E-state index is 12.3. The number of methoxy groups -OCH3 is 1. The van der Waals surface area contributed by atoms with Crippen molar-refractivity contribution in [1.29, 1.82) is 0 Å². The lowest BCUT2D eigenvalue weighted by Gasteiger charge is -2.17. The largest absolute Gasteiger partial charge is 0.495 e. The van der Waals surface area contributed by atoms with Crippen LogP contribution in [0.25, 0.3) is 0 Å². The molecular formula is C14H16BrN3O2. The molecule has 2 aromatic rings. The lowest BCUT2D eigenvalue weighted by Crippen LogP contribution is -2.24. The first kappa shape index (κ1) is 14.6. The number of nitrogens with zero attached hydrogens (tertiary/aromatic N) is 2. The van der Waals surface area contributed by atoms with Gasteiger partial charge >= 0.3 is 0 Å². The van der Waals surface area contributed by atoms with Gasteiger partial charge in [-0.2, -0.15) is 5.10 Å². The van der Waals surface area contributed by atoms with E-state index in [1.807, 2.05) is 19.1 Å². The predicted octanol–water partition coefficient (Wildman–Crippen LogP) is 3.16. The zero-order chi connectivity index (χ0) is 14.7. The Hall–Kier alpha value is -1.82. The standard InChI is InChI=1S/C14H16BrN3O2/c1-9-7-11(15)8-12(20-3)13(9)17-14(19)10(2)18-6-4-5-16-18/h4-8,10H,1-3H3,(H,17,19)/t10-/m0/s1. The third-order valence-corrected chi connectivity index (χ3v) is 3.49. The number of amides is 1. The molecule has 6 heteroatoms. The average molecular weight is 338 g/mol. The topological polar surface area (TPSA) is 56.1 Å². The molecule has 0 radical (unpaired) electrons. The normalized spacial score (nSPS) is 12.0. The molecule has 0 aliphatic carbocycles. The molecular weight excluding hydrogens is 322 g/mol. The number of aromatic nitrogens is 2. The van der Waals surface area contributed by atoms with Gasteiger partial charge < -0.3 is 10.1 Å². The highest BCUT2D eigenvalue weighted by Crippen LogP contribution is 2.32. The van der Waals surface area contributed by atoms with E-state index in [1.54, 1.807) is 37.2 Å². The van der Waals surface area contributed by atoms with Crippen molar-refractivity contribution in [3.8, 4) is 5.75 Å². The maximum Gasteiger partial charge on any atom is 0.249 e. The fourth-order valence-corrected chi connectivity index (χ4v) is 2.44. The molecule has 0 spiro atoms. The Kier molecular flexibility index (Phi) is 4.44. The molecule has 0 aliphatic heterocycles. The van der Waals surface area contributed by atoms with E-state index in [4.69, 9.17) is 4.74 Å². The van der Waals surface area contributed by atoms with Crippen molar-refractivity contribution in [2.24, 2.45) is 0 Å². The number of nitrogens with one attached hydrogen (secondary N) is 1. The Morgan fingerprint density at radius 2 is 2.25 bits per heavy atom. The van der Waals surface area contributed by atoms with Crippen molar-refractivity contribution in [3.05, 3.63) is 40.6 Å². The molecule has 1 aromatic heterocycles. The first-order chi connectivity index (χ1) is 9.52. The van der Waals surface area contributed by atoms with Crippen LogP contribution in [0.2, 0.25) is 0 Å². The van der Waals surface area contributed by atoms with Crippen LogP contribution in [0.3, 0.4) is 0 Å². The van der Waals surface area contributed by atoms with E-state index in [2.05, 4.69) is 26.3 Å². The quantitative estimate of drug-likeness (QED) is 0.932. The zero-order valence-corrected chi connectivity index (χ0v) is 13.1. The van der Waals surface area contributed by atoms with Crippen LogP contribution in [0.5, 0.6) is 5.75 Å². The molecule has 0 bridgehead atoms. The highest BCUT2D eigenvalue weighted by molar-refractivity contribution is 9.10. The van der Waals surface area contributed by atoms with Crippen molar-refractivity contribution in [2.45, 2.75) is 19.9 Å². The smallest absolute Gasteiger partial charge is 0.249 e. The van der Waals surface area contributed by atoms with Crippen LogP contribution < -0.4 is 10.1 Å². The van der Waals surface area contributed by atoms with E-state index in [-0.39, 0.29) is 5.91 Å². The lowest BCUT2D eigenvalue weighted by molar-refractivity contribution is -0.119. The van der Waals surface area contributed by atoms with Crippen molar-refractivity contribution < 1.29 is 9.53 Å². The first-order valence-electron chi connectivity index (χ1n) is 6.17. The number of carbonyl (C=O) groups is 1. The number of hydrogen-bond donors (Lipinski definition) is 1. The van der Waals surface area contributed by atoms with Crippen LogP contribution in [0.15, 0.2) is 35.1 Å². The molecule has 0 fully saturated rings. The van der Waals surface area contributed by atoms with Gasteiger partial charge in [0.1, 0.15) is 11.8 Å². The van der Waals surface area contributed by atoms with E-state index >= 15 is 0 Å². The highest BCUT2D eigenvalue weighted by atomic mass is 79.9. The minimum Gasteiger partial charge on any atom is -0.495 e. The minimum absolute atomic E-state index is 0.141. The van der Waals surface area contributed by atoms with E-state index < -0.39 is 6.04 Å². The second-order valence-corrected chi connectivity index (χ2v) is 5.37. The average Bonchev–Trinajstić information content (AvgIpc) is 2.94. The number of carbonyl (C=O) groups excluding carboxylic acids is 1. The second kappa shape index (κ2) is 6.09. The number of rotatable bonds is 4. The van der Waals surface area contributed by atoms with Gasteiger partial charge in [0.05, 0.1) is 12.8 Å². The Morgan fingerprint density at radius 3 is 2.85 bits per heavy atom. The SMILES string of the molecule is COc1cc(Br)cc(C)c1NC(=O)[C@H](C)n1cccn1. The highest BCUT2D eigenvalue weighted by Gasteiger charge is 2.18. The molecule has 1 heterocycles. The van der Waals surface area contributed by atoms with E-state index in [1.165, 1.54) is 0 Å². The van der Waals surface area contributed by atoms with Crippen LogP contribution in [-0.2, 0) is 4.79 Å². The van der Waals surface area contributed by atoms with Gasteiger partial charge in [-0.15, -0.1) is 0 Å². The molecule has 5 nitrogen and oxygen atoms in total. The van der Waals surface area contributed by atoms with Gasteiger partial charge in [-0.05, 0) is 37.6 Å². The summed E-state index contributed by atoms with van der Waals surface area (Å²) < 4.78 is 7.83. The van der Waals surface area contributed by atoms with Gasteiger partial charge in [-0.25, -0.2) is 0 Å². The summed E-state index contributed by atoms with van der Waals surface area (Å²) in [5.74, 6) is 0.482. The van der Waals surface area contributed by atoms with Crippen LogP contribution in [0.4, 0.5) is 5.69 Å². The molecule has 1 N–H and O–H groups in total. The van der Waals surface area contributed by atoms with Crippen molar-refractivity contribution in [1.82, 2.24) is 9.78 Å². The van der Waals surface area contributed by atoms with Gasteiger partial charge in [0.2, 0.25) is 5.91 Å². The molecule has 1 atom stereocenters. The van der Waals surface area contributed by atoms with Crippen LogP contribution >= 0.6 is 15.9 Å². The monoisotopic (exact) mass is 337 g/mol. The Balaban J connectivity index is 2.24. The molecule has 0 aliphatic rings. The third-order valence-electron chi connectivity index (χ3n) is 3.03. The van der Waals surface area contributed by atoms with E-state index in [9.17, 15) is 4.79 Å². The summed E-state index contributed by atoms with van der Waals surface area (Å²) in [6.07, 6.45) is 3.41. The molecule has 20 heavy (non-hydrogen) atoms. The summed E-state index contributed by atoms with van der Waals surface area (Å²) in [6, 6.07) is 5.14. The van der Waals surface area contributed by atoms with Crippen LogP contribution in [-0.4, -0.2) is 22.8 Å². The zero-order valence-electron chi connectivity index (χ0n) is 11.6.